The van der Waals surface area contributed by atoms with E-state index in [4.69, 9.17) is 0 Å². The number of rotatable bonds is 1. The molecule has 0 saturated heterocycles. The first kappa shape index (κ1) is 11.5. The predicted octanol–water partition coefficient (Wildman–Crippen LogP) is 4.00. The van der Waals surface area contributed by atoms with Gasteiger partial charge in [0.25, 0.3) is 0 Å². The third-order valence-corrected chi connectivity index (χ3v) is 2.96. The van der Waals surface area contributed by atoms with Crippen LogP contribution in [0.3, 0.4) is 0 Å². The normalized spacial score (nSPS) is 33.4. The Kier molecular flexibility index (Phi) is 2.20. The lowest BCUT2D eigenvalue weighted by atomic mass is 9.86. The number of hydrogen-bond acceptors (Lipinski definition) is 0. The Morgan fingerprint density at radius 1 is 1.19 bits per heavy atom. The lowest BCUT2D eigenvalue weighted by Gasteiger charge is -2.22. The van der Waals surface area contributed by atoms with Gasteiger partial charge in [0.1, 0.15) is 0 Å². The molecule has 2 rings (SSSR count). The smallest absolute Gasteiger partial charge is 0.171 e. The highest BCUT2D eigenvalue weighted by molar-refractivity contribution is 5.38. The minimum absolute atomic E-state index is 0.110. The lowest BCUT2D eigenvalue weighted by molar-refractivity contribution is -0.147. The SMILES string of the molecule is FC(F)(F)CC12C=CC(C1)C(C(F)(F)F)=C2. The molecule has 6 heteroatoms. The molecule has 2 unspecified atom stereocenters. The van der Waals surface area contributed by atoms with E-state index in [-0.39, 0.29) is 6.42 Å². The highest BCUT2D eigenvalue weighted by Gasteiger charge is 2.53. The van der Waals surface area contributed by atoms with Gasteiger partial charge >= 0.3 is 12.4 Å². The molecule has 0 radical (unpaired) electrons. The fourth-order valence-electron chi connectivity index (χ4n) is 2.44. The fourth-order valence-corrected chi connectivity index (χ4v) is 2.44. The Bertz CT molecular complexity index is 358. The number of fused-ring (bicyclic) bond motifs is 2. The van der Waals surface area contributed by atoms with Crippen LogP contribution in [0.15, 0.2) is 23.8 Å². The molecule has 0 heterocycles. The maximum atomic E-state index is 12.4. The number of hydrogen-bond donors (Lipinski definition) is 0. The summed E-state index contributed by atoms with van der Waals surface area (Å²) in [7, 11) is 0. The van der Waals surface area contributed by atoms with Crippen molar-refractivity contribution in [1.29, 1.82) is 0 Å². The average Bonchev–Trinajstić information content (AvgIpc) is 2.54. The maximum absolute atomic E-state index is 12.4. The van der Waals surface area contributed by atoms with Crippen molar-refractivity contribution in [3.8, 4) is 0 Å². The predicted molar refractivity (Wildman–Crippen MR) is 44.5 cm³/mol. The highest BCUT2D eigenvalue weighted by atomic mass is 19.4. The first-order valence-corrected chi connectivity index (χ1v) is 4.67. The summed E-state index contributed by atoms with van der Waals surface area (Å²) in [5.41, 5.74) is -2.30. The van der Waals surface area contributed by atoms with Crippen LogP contribution in [0.25, 0.3) is 0 Å². The van der Waals surface area contributed by atoms with Gasteiger partial charge in [-0.1, -0.05) is 18.2 Å². The highest BCUT2D eigenvalue weighted by Crippen LogP contribution is 2.56. The van der Waals surface area contributed by atoms with Crippen LogP contribution < -0.4 is 0 Å². The molecule has 2 aliphatic carbocycles. The Morgan fingerprint density at radius 3 is 2.25 bits per heavy atom. The van der Waals surface area contributed by atoms with Gasteiger partial charge in [-0.15, -0.1) is 0 Å². The van der Waals surface area contributed by atoms with E-state index in [9.17, 15) is 26.3 Å². The van der Waals surface area contributed by atoms with Crippen LogP contribution in [-0.4, -0.2) is 12.4 Å². The van der Waals surface area contributed by atoms with Gasteiger partial charge in [-0.05, 0) is 6.42 Å². The van der Waals surface area contributed by atoms with E-state index in [0.29, 0.717) is 0 Å². The van der Waals surface area contributed by atoms with E-state index < -0.39 is 35.7 Å². The van der Waals surface area contributed by atoms with Gasteiger partial charge in [0, 0.05) is 16.9 Å². The summed E-state index contributed by atoms with van der Waals surface area (Å²) >= 11 is 0. The summed E-state index contributed by atoms with van der Waals surface area (Å²) in [5.74, 6) is -0.901. The van der Waals surface area contributed by atoms with E-state index in [0.717, 1.165) is 6.08 Å². The Hall–Kier alpha value is -0.940. The molecule has 0 aromatic carbocycles. The van der Waals surface area contributed by atoms with Crippen LogP contribution in [0.1, 0.15) is 12.8 Å². The van der Waals surface area contributed by atoms with Crippen LogP contribution in [0.5, 0.6) is 0 Å². The van der Waals surface area contributed by atoms with Crippen molar-refractivity contribution in [1.82, 2.24) is 0 Å². The molecule has 90 valence electrons. The molecule has 16 heavy (non-hydrogen) atoms. The zero-order chi connectivity index (χ0) is 12.2. The van der Waals surface area contributed by atoms with Crippen molar-refractivity contribution in [3.05, 3.63) is 23.8 Å². The molecule has 0 N–H and O–H groups in total. The second-order valence-electron chi connectivity index (χ2n) is 4.29. The van der Waals surface area contributed by atoms with Gasteiger partial charge < -0.3 is 0 Å². The third kappa shape index (κ3) is 1.97. The van der Waals surface area contributed by atoms with Gasteiger partial charge in [0.2, 0.25) is 0 Å². The molecule has 0 amide bonds. The molecular formula is C10H8F6. The minimum atomic E-state index is -4.53. The first-order chi connectivity index (χ1) is 7.11. The second-order valence-corrected chi connectivity index (χ2v) is 4.29. The minimum Gasteiger partial charge on any atom is -0.171 e. The van der Waals surface area contributed by atoms with Crippen LogP contribution in [-0.2, 0) is 0 Å². The molecule has 0 aromatic rings. The third-order valence-electron chi connectivity index (χ3n) is 2.96. The summed E-state index contributed by atoms with van der Waals surface area (Å²) in [6, 6.07) is 0. The molecule has 2 aliphatic rings. The van der Waals surface area contributed by atoms with Gasteiger partial charge in [0.15, 0.2) is 0 Å². The van der Waals surface area contributed by atoms with Crippen LogP contribution in [0.4, 0.5) is 26.3 Å². The summed E-state index contributed by atoms with van der Waals surface area (Å²) in [6.07, 6.45) is -7.08. The fraction of sp³-hybridized carbons (Fsp3) is 0.600. The maximum Gasteiger partial charge on any atom is 0.412 e. The zero-order valence-corrected chi connectivity index (χ0v) is 7.99. The lowest BCUT2D eigenvalue weighted by Crippen LogP contribution is -2.22. The first-order valence-electron chi connectivity index (χ1n) is 4.67. The van der Waals surface area contributed by atoms with Crippen molar-refractivity contribution in [3.63, 3.8) is 0 Å². The van der Waals surface area contributed by atoms with Gasteiger partial charge in [-0.25, -0.2) is 0 Å². The number of alkyl halides is 6. The van der Waals surface area contributed by atoms with Crippen LogP contribution in [0.2, 0.25) is 0 Å². The quantitative estimate of drug-likeness (QED) is 0.481. The van der Waals surface area contributed by atoms with Gasteiger partial charge in [0.05, 0.1) is 6.42 Å². The molecule has 2 bridgehead atoms. The molecule has 0 nitrogen and oxygen atoms in total. The Labute approximate surface area is 87.6 Å². The molecule has 0 aromatic heterocycles. The van der Waals surface area contributed by atoms with Crippen LogP contribution in [0, 0.1) is 11.3 Å². The van der Waals surface area contributed by atoms with Crippen LogP contribution >= 0.6 is 0 Å². The summed E-state index contributed by atoms with van der Waals surface area (Å²) in [5, 5.41) is 0. The van der Waals surface area contributed by atoms with E-state index in [1.165, 1.54) is 12.2 Å². The van der Waals surface area contributed by atoms with E-state index in [1.807, 2.05) is 0 Å². The van der Waals surface area contributed by atoms with Crippen molar-refractivity contribution in [2.24, 2.45) is 11.3 Å². The summed E-state index contributed by atoms with van der Waals surface area (Å²) in [4.78, 5) is 0. The second kappa shape index (κ2) is 3.05. The average molecular weight is 242 g/mol. The number of halogens is 6. The van der Waals surface area contributed by atoms with Gasteiger partial charge in [-0.2, -0.15) is 26.3 Å². The van der Waals surface area contributed by atoms with Gasteiger partial charge in [-0.3, -0.25) is 0 Å². The molecule has 0 spiro atoms. The van der Waals surface area contributed by atoms with E-state index >= 15 is 0 Å². The topological polar surface area (TPSA) is 0 Å². The van der Waals surface area contributed by atoms with Crippen molar-refractivity contribution in [2.45, 2.75) is 25.2 Å². The van der Waals surface area contributed by atoms with E-state index in [2.05, 4.69) is 0 Å². The largest absolute Gasteiger partial charge is 0.412 e. The van der Waals surface area contributed by atoms with E-state index in [1.54, 1.807) is 0 Å². The summed E-state index contributed by atoms with van der Waals surface area (Å²) < 4.78 is 74.0. The van der Waals surface area contributed by atoms with Crippen molar-refractivity contribution in [2.75, 3.05) is 0 Å². The molecule has 0 fully saturated rings. The monoisotopic (exact) mass is 242 g/mol. The zero-order valence-electron chi connectivity index (χ0n) is 7.99. The Morgan fingerprint density at radius 2 is 1.81 bits per heavy atom. The Balaban J connectivity index is 2.26. The number of allylic oxidation sites excluding steroid dienone is 4. The summed E-state index contributed by atoms with van der Waals surface area (Å²) in [6.45, 7) is 0. The molecular weight excluding hydrogens is 234 g/mol. The van der Waals surface area contributed by atoms with Crippen molar-refractivity contribution < 1.29 is 26.3 Å². The molecule has 2 atom stereocenters. The molecule has 0 aliphatic heterocycles. The van der Waals surface area contributed by atoms with Crippen molar-refractivity contribution >= 4 is 0 Å². The standard InChI is InChI=1S/C10H8F6/c11-9(12,13)5-8-2-1-6(3-8)7(4-8)10(14,15)16/h1-2,4,6H,3,5H2. The molecule has 0 saturated carbocycles.